The summed E-state index contributed by atoms with van der Waals surface area (Å²) >= 11 is 0. The molecule has 1 aromatic carbocycles. The van der Waals surface area contributed by atoms with Crippen LogP contribution in [0.5, 0.6) is 0 Å². The Kier molecular flexibility index (Phi) is 4.52. The third-order valence-corrected chi connectivity index (χ3v) is 8.37. The van der Waals surface area contributed by atoms with Crippen molar-refractivity contribution >= 4 is 9.84 Å². The van der Waals surface area contributed by atoms with Crippen molar-refractivity contribution in [3.8, 4) is 11.1 Å². The number of aromatic nitrogens is 3. The van der Waals surface area contributed by atoms with Gasteiger partial charge in [0.15, 0.2) is 9.84 Å². The maximum atomic E-state index is 13.2. The van der Waals surface area contributed by atoms with Crippen molar-refractivity contribution in [2.75, 3.05) is 13.1 Å². The van der Waals surface area contributed by atoms with Crippen LogP contribution in [0.4, 0.5) is 4.39 Å². The second kappa shape index (κ2) is 6.99. The number of pyridine rings is 1. The summed E-state index contributed by atoms with van der Waals surface area (Å²) in [5, 5.41) is 3.96. The fourth-order valence-electron chi connectivity index (χ4n) is 4.58. The molecule has 5 rings (SSSR count). The summed E-state index contributed by atoms with van der Waals surface area (Å²) in [6.07, 6.45) is 5.36. The van der Waals surface area contributed by atoms with E-state index in [1.54, 1.807) is 18.2 Å². The van der Waals surface area contributed by atoms with E-state index in [9.17, 15) is 12.8 Å². The molecule has 2 atom stereocenters. The van der Waals surface area contributed by atoms with Gasteiger partial charge in [0.05, 0.1) is 16.3 Å². The molecule has 0 radical (unpaired) electrons. The predicted octanol–water partition coefficient (Wildman–Crippen LogP) is 3.42. The lowest BCUT2D eigenvalue weighted by Gasteiger charge is -2.16. The number of benzene rings is 1. The molecule has 0 bridgehead atoms. The Balaban J connectivity index is 1.43. The molecule has 8 heteroatoms. The van der Waals surface area contributed by atoms with Crippen LogP contribution in [-0.4, -0.2) is 46.4 Å². The largest absolute Gasteiger partial charge is 0.297 e. The van der Waals surface area contributed by atoms with E-state index in [-0.39, 0.29) is 5.92 Å². The van der Waals surface area contributed by atoms with Gasteiger partial charge in [-0.1, -0.05) is 6.07 Å². The molecule has 2 aliphatic rings. The molecule has 4 heterocycles. The first-order valence-electron chi connectivity index (χ1n) is 10.1. The minimum Gasteiger partial charge on any atom is -0.297 e. The predicted molar refractivity (Wildman–Crippen MR) is 111 cm³/mol. The summed E-state index contributed by atoms with van der Waals surface area (Å²) in [5.74, 6) is -0.590. The van der Waals surface area contributed by atoms with Gasteiger partial charge in [-0.05, 0) is 49.2 Å². The van der Waals surface area contributed by atoms with E-state index in [1.807, 2.05) is 23.1 Å². The number of hydrogen-bond acceptors (Lipinski definition) is 5. The van der Waals surface area contributed by atoms with Gasteiger partial charge < -0.3 is 0 Å². The topological polar surface area (TPSA) is 68.1 Å². The molecule has 3 aromatic rings. The molecule has 2 aromatic heterocycles. The first kappa shape index (κ1) is 19.4. The SMILES string of the molecule is CC(C)n1cc(CN2CC3c4cc(-c5ccc(F)nc5)ccc4S(=O)(=O)C3C2)cn1. The second-order valence-electron chi connectivity index (χ2n) is 8.43. The van der Waals surface area contributed by atoms with Crippen LogP contribution in [0.2, 0.25) is 0 Å². The third-order valence-electron chi connectivity index (χ3n) is 6.11. The zero-order chi connectivity index (χ0) is 21.0. The summed E-state index contributed by atoms with van der Waals surface area (Å²) in [7, 11) is -3.36. The normalized spacial score (nSPS) is 22.4. The highest BCUT2D eigenvalue weighted by Gasteiger charge is 2.50. The molecule has 6 nitrogen and oxygen atoms in total. The zero-order valence-corrected chi connectivity index (χ0v) is 17.7. The Bertz CT molecular complexity index is 1200. The monoisotopic (exact) mass is 426 g/mol. The second-order valence-corrected chi connectivity index (χ2v) is 10.6. The van der Waals surface area contributed by atoms with Crippen molar-refractivity contribution in [3.63, 3.8) is 0 Å². The third kappa shape index (κ3) is 3.15. The smallest absolute Gasteiger partial charge is 0.212 e. The number of rotatable bonds is 4. The van der Waals surface area contributed by atoms with Gasteiger partial charge in [0, 0.05) is 55.1 Å². The Morgan fingerprint density at radius 1 is 1.13 bits per heavy atom. The molecule has 1 saturated heterocycles. The Morgan fingerprint density at radius 3 is 2.63 bits per heavy atom. The van der Waals surface area contributed by atoms with E-state index in [2.05, 4.69) is 28.8 Å². The highest BCUT2D eigenvalue weighted by molar-refractivity contribution is 7.92. The number of hydrogen-bond donors (Lipinski definition) is 0. The van der Waals surface area contributed by atoms with Crippen molar-refractivity contribution in [1.82, 2.24) is 19.7 Å². The summed E-state index contributed by atoms with van der Waals surface area (Å²) in [5.41, 5.74) is 3.58. The van der Waals surface area contributed by atoms with E-state index >= 15 is 0 Å². The molecule has 1 fully saturated rings. The van der Waals surface area contributed by atoms with Crippen molar-refractivity contribution in [3.05, 3.63) is 66.0 Å². The minimum atomic E-state index is -3.36. The first-order chi connectivity index (χ1) is 14.3. The molecule has 30 heavy (non-hydrogen) atoms. The summed E-state index contributed by atoms with van der Waals surface area (Å²) < 4.78 is 41.4. The summed E-state index contributed by atoms with van der Waals surface area (Å²) in [6, 6.07) is 8.69. The lowest BCUT2D eigenvalue weighted by atomic mass is 9.95. The molecule has 0 aliphatic carbocycles. The van der Waals surface area contributed by atoms with Crippen LogP contribution in [-0.2, 0) is 16.4 Å². The number of nitrogens with zero attached hydrogens (tertiary/aromatic N) is 4. The van der Waals surface area contributed by atoms with Crippen LogP contribution < -0.4 is 0 Å². The molecule has 0 amide bonds. The first-order valence-corrected chi connectivity index (χ1v) is 11.6. The van der Waals surface area contributed by atoms with Crippen LogP contribution in [0.1, 0.15) is 36.9 Å². The molecule has 156 valence electrons. The van der Waals surface area contributed by atoms with Crippen LogP contribution in [0, 0.1) is 5.95 Å². The minimum absolute atomic E-state index is 0.0569. The molecular formula is C22H23FN4O2S. The van der Waals surface area contributed by atoms with Crippen LogP contribution in [0.25, 0.3) is 11.1 Å². The fourth-order valence-corrected chi connectivity index (χ4v) is 6.78. The van der Waals surface area contributed by atoms with Gasteiger partial charge in [-0.2, -0.15) is 9.49 Å². The highest BCUT2D eigenvalue weighted by Crippen LogP contribution is 2.46. The van der Waals surface area contributed by atoms with Crippen LogP contribution in [0.3, 0.4) is 0 Å². The number of fused-ring (bicyclic) bond motifs is 3. The maximum Gasteiger partial charge on any atom is 0.212 e. The van der Waals surface area contributed by atoms with Gasteiger partial charge in [0.25, 0.3) is 0 Å². The van der Waals surface area contributed by atoms with E-state index in [0.717, 1.165) is 22.3 Å². The molecular weight excluding hydrogens is 403 g/mol. The molecule has 0 N–H and O–H groups in total. The fraction of sp³-hybridized carbons (Fsp3) is 0.364. The van der Waals surface area contributed by atoms with E-state index in [1.165, 1.54) is 12.3 Å². The van der Waals surface area contributed by atoms with Crippen LogP contribution >= 0.6 is 0 Å². The number of sulfone groups is 1. The van der Waals surface area contributed by atoms with Gasteiger partial charge in [-0.25, -0.2) is 13.4 Å². The van der Waals surface area contributed by atoms with E-state index < -0.39 is 21.0 Å². The average molecular weight is 427 g/mol. The maximum absolute atomic E-state index is 13.2. The summed E-state index contributed by atoms with van der Waals surface area (Å²) in [6.45, 7) is 6.05. The van der Waals surface area contributed by atoms with E-state index in [0.29, 0.717) is 30.6 Å². The van der Waals surface area contributed by atoms with Crippen molar-refractivity contribution in [1.29, 1.82) is 0 Å². The van der Waals surface area contributed by atoms with Crippen molar-refractivity contribution in [2.45, 2.75) is 42.5 Å². The molecule has 0 saturated carbocycles. The lowest BCUT2D eigenvalue weighted by Crippen LogP contribution is -2.25. The zero-order valence-electron chi connectivity index (χ0n) is 16.9. The summed E-state index contributed by atoms with van der Waals surface area (Å²) in [4.78, 5) is 6.35. The number of halogens is 1. The van der Waals surface area contributed by atoms with Crippen molar-refractivity contribution in [2.24, 2.45) is 0 Å². The molecule has 0 spiro atoms. The Morgan fingerprint density at radius 2 is 1.93 bits per heavy atom. The standard InChI is InChI=1S/C22H23FN4O2S/c1-14(2)27-11-15(8-25-27)10-26-12-19-18-7-16(17-4-6-22(23)24-9-17)3-5-20(18)30(28,29)21(19)13-26/h3-9,11,14,19,21H,10,12-13H2,1-2H3. The number of likely N-dealkylation sites (tertiary alicyclic amines) is 1. The molecule has 2 unspecified atom stereocenters. The average Bonchev–Trinajstić information content (AvgIpc) is 3.40. The van der Waals surface area contributed by atoms with Gasteiger partial charge in [-0.3, -0.25) is 9.58 Å². The van der Waals surface area contributed by atoms with Gasteiger partial charge in [0.1, 0.15) is 0 Å². The van der Waals surface area contributed by atoms with E-state index in [4.69, 9.17) is 0 Å². The lowest BCUT2D eigenvalue weighted by molar-refractivity contribution is 0.325. The van der Waals surface area contributed by atoms with Gasteiger partial charge >= 0.3 is 0 Å². The Hall–Kier alpha value is -2.58. The highest BCUT2D eigenvalue weighted by atomic mass is 32.2. The van der Waals surface area contributed by atoms with Gasteiger partial charge in [-0.15, -0.1) is 0 Å². The van der Waals surface area contributed by atoms with Crippen LogP contribution in [0.15, 0.2) is 53.8 Å². The van der Waals surface area contributed by atoms with Gasteiger partial charge in [0.2, 0.25) is 5.95 Å². The quantitative estimate of drug-likeness (QED) is 0.598. The van der Waals surface area contributed by atoms with Crippen molar-refractivity contribution < 1.29 is 12.8 Å². The molecule has 2 aliphatic heterocycles. The Labute approximate surface area is 175 Å².